The normalized spacial score (nSPS) is 10.2. The number of urea groups is 1. The Kier molecular flexibility index (Phi) is 4.72. The van der Waals surface area contributed by atoms with Crippen molar-refractivity contribution in [2.24, 2.45) is 0 Å². The van der Waals surface area contributed by atoms with Crippen LogP contribution in [-0.4, -0.2) is 17.1 Å². The van der Waals surface area contributed by atoms with Gasteiger partial charge < -0.3 is 15.7 Å². The van der Waals surface area contributed by atoms with E-state index in [1.807, 2.05) is 0 Å². The van der Waals surface area contributed by atoms with Crippen LogP contribution in [-0.2, 0) is 0 Å². The second-order valence-electron chi connectivity index (χ2n) is 4.14. The van der Waals surface area contributed by atoms with Crippen molar-refractivity contribution in [3.8, 4) is 0 Å². The summed E-state index contributed by atoms with van der Waals surface area (Å²) < 4.78 is 0. The first kappa shape index (κ1) is 15.6. The average molecular weight is 345 g/mol. The van der Waals surface area contributed by atoms with Crippen LogP contribution in [0, 0.1) is 6.92 Å². The molecule has 110 valence electrons. The number of hydrogen-bond acceptors (Lipinski definition) is 3. The van der Waals surface area contributed by atoms with Gasteiger partial charge in [0, 0.05) is 5.69 Å². The van der Waals surface area contributed by atoms with Crippen molar-refractivity contribution in [3.05, 3.63) is 44.1 Å². The van der Waals surface area contributed by atoms with Gasteiger partial charge in [0.15, 0.2) is 0 Å². The van der Waals surface area contributed by atoms with Gasteiger partial charge in [-0.05, 0) is 36.1 Å². The lowest BCUT2D eigenvalue weighted by atomic mass is 10.2. The summed E-state index contributed by atoms with van der Waals surface area (Å²) in [5.74, 6) is -1.09. The lowest BCUT2D eigenvalue weighted by Gasteiger charge is -2.09. The number of hydrogen-bond donors (Lipinski definition) is 3. The molecule has 1 heterocycles. The number of aryl methyl sites for hydroxylation is 1. The van der Waals surface area contributed by atoms with Gasteiger partial charge >= 0.3 is 12.0 Å². The SMILES string of the molecule is Cc1csc(C(=O)O)c1NC(=O)Nc1ccc(Cl)c(Cl)c1. The maximum absolute atomic E-state index is 11.9. The van der Waals surface area contributed by atoms with Crippen LogP contribution in [0.4, 0.5) is 16.2 Å². The molecule has 0 aliphatic carbocycles. The van der Waals surface area contributed by atoms with E-state index in [4.69, 9.17) is 28.3 Å². The van der Waals surface area contributed by atoms with E-state index in [2.05, 4.69) is 10.6 Å². The van der Waals surface area contributed by atoms with Gasteiger partial charge in [0.05, 0.1) is 15.7 Å². The molecule has 0 saturated heterocycles. The minimum atomic E-state index is -1.09. The van der Waals surface area contributed by atoms with E-state index < -0.39 is 12.0 Å². The van der Waals surface area contributed by atoms with Crippen LogP contribution in [0.3, 0.4) is 0 Å². The predicted octanol–water partition coefficient (Wildman–Crippen LogP) is 4.71. The number of carboxylic acids is 1. The molecule has 8 heteroatoms. The molecular weight excluding hydrogens is 335 g/mol. The number of anilines is 2. The summed E-state index contributed by atoms with van der Waals surface area (Å²) in [6.45, 7) is 1.72. The number of rotatable bonds is 3. The average Bonchev–Trinajstić information content (AvgIpc) is 2.76. The maximum atomic E-state index is 11.9. The summed E-state index contributed by atoms with van der Waals surface area (Å²) in [6.07, 6.45) is 0. The van der Waals surface area contributed by atoms with E-state index in [1.165, 1.54) is 6.07 Å². The van der Waals surface area contributed by atoms with E-state index in [0.717, 1.165) is 11.3 Å². The number of amides is 2. The molecule has 2 amide bonds. The highest BCUT2D eigenvalue weighted by molar-refractivity contribution is 7.12. The third-order valence-corrected chi connectivity index (χ3v) is 4.41. The number of carbonyl (C=O) groups excluding carboxylic acids is 1. The van der Waals surface area contributed by atoms with Gasteiger partial charge in [0.2, 0.25) is 0 Å². The molecule has 0 atom stereocenters. The molecule has 0 spiro atoms. The Hall–Kier alpha value is -1.76. The number of halogens is 2. The molecule has 0 saturated carbocycles. The zero-order chi connectivity index (χ0) is 15.6. The third-order valence-electron chi connectivity index (χ3n) is 2.59. The summed E-state index contributed by atoms with van der Waals surface area (Å²) in [7, 11) is 0. The largest absolute Gasteiger partial charge is 0.477 e. The topological polar surface area (TPSA) is 78.4 Å². The molecule has 0 radical (unpaired) electrons. The maximum Gasteiger partial charge on any atom is 0.348 e. The second-order valence-corrected chi connectivity index (χ2v) is 5.83. The Morgan fingerprint density at radius 2 is 1.90 bits per heavy atom. The highest BCUT2D eigenvalue weighted by Crippen LogP contribution is 2.28. The quantitative estimate of drug-likeness (QED) is 0.754. The van der Waals surface area contributed by atoms with Crippen molar-refractivity contribution in [1.82, 2.24) is 0 Å². The Morgan fingerprint density at radius 1 is 1.19 bits per heavy atom. The van der Waals surface area contributed by atoms with Crippen LogP contribution in [0.25, 0.3) is 0 Å². The monoisotopic (exact) mass is 344 g/mol. The molecule has 1 aromatic heterocycles. The molecule has 0 bridgehead atoms. The van der Waals surface area contributed by atoms with Crippen LogP contribution in [0.2, 0.25) is 10.0 Å². The summed E-state index contributed by atoms with van der Waals surface area (Å²) in [6, 6.07) is 4.09. The van der Waals surface area contributed by atoms with Crippen LogP contribution in [0.5, 0.6) is 0 Å². The van der Waals surface area contributed by atoms with Crippen molar-refractivity contribution in [2.75, 3.05) is 10.6 Å². The fraction of sp³-hybridized carbons (Fsp3) is 0.0769. The first-order chi connectivity index (χ1) is 9.88. The lowest BCUT2D eigenvalue weighted by molar-refractivity contribution is 0.0703. The molecule has 0 aliphatic heterocycles. The molecule has 0 aliphatic rings. The van der Waals surface area contributed by atoms with E-state index >= 15 is 0 Å². The minimum absolute atomic E-state index is 0.0804. The van der Waals surface area contributed by atoms with E-state index in [0.29, 0.717) is 21.3 Å². The standard InChI is InChI=1S/C13H10Cl2N2O3S/c1-6-5-21-11(12(18)19)10(6)17-13(20)16-7-2-3-8(14)9(15)4-7/h2-5H,1H3,(H,18,19)(H2,16,17,20). The lowest BCUT2D eigenvalue weighted by Crippen LogP contribution is -2.20. The Balaban J connectivity index is 2.13. The van der Waals surface area contributed by atoms with Crippen molar-refractivity contribution < 1.29 is 14.7 Å². The summed E-state index contributed by atoms with van der Waals surface area (Å²) in [5, 5.41) is 16.5. The first-order valence-corrected chi connectivity index (χ1v) is 7.36. The van der Waals surface area contributed by atoms with E-state index in [9.17, 15) is 9.59 Å². The van der Waals surface area contributed by atoms with Crippen LogP contribution < -0.4 is 10.6 Å². The molecular formula is C13H10Cl2N2O3S. The Labute approximate surface area is 134 Å². The fourth-order valence-corrected chi connectivity index (χ4v) is 2.75. The van der Waals surface area contributed by atoms with Crippen molar-refractivity contribution >= 4 is 57.9 Å². The molecule has 3 N–H and O–H groups in total. The molecule has 1 aromatic carbocycles. The van der Waals surface area contributed by atoms with Gasteiger partial charge in [-0.3, -0.25) is 0 Å². The van der Waals surface area contributed by atoms with Crippen LogP contribution >= 0.6 is 34.5 Å². The number of thiophene rings is 1. The summed E-state index contributed by atoms with van der Waals surface area (Å²) in [5.41, 5.74) is 1.42. The third kappa shape index (κ3) is 3.66. The number of benzene rings is 1. The highest BCUT2D eigenvalue weighted by Gasteiger charge is 2.17. The molecule has 2 rings (SSSR count). The number of aromatic carboxylic acids is 1. The molecule has 5 nitrogen and oxygen atoms in total. The predicted molar refractivity (Wildman–Crippen MR) is 85.1 cm³/mol. The Bertz CT molecular complexity index is 715. The molecule has 21 heavy (non-hydrogen) atoms. The van der Waals surface area contributed by atoms with Gasteiger partial charge in [0.1, 0.15) is 4.88 Å². The zero-order valence-corrected chi connectivity index (χ0v) is 13.1. The van der Waals surface area contributed by atoms with Crippen molar-refractivity contribution in [2.45, 2.75) is 6.92 Å². The fourth-order valence-electron chi connectivity index (χ4n) is 1.61. The van der Waals surface area contributed by atoms with Gasteiger partial charge in [-0.2, -0.15) is 0 Å². The van der Waals surface area contributed by atoms with Crippen molar-refractivity contribution in [1.29, 1.82) is 0 Å². The smallest absolute Gasteiger partial charge is 0.348 e. The summed E-state index contributed by atoms with van der Waals surface area (Å²) in [4.78, 5) is 23.1. The highest BCUT2D eigenvalue weighted by atomic mass is 35.5. The minimum Gasteiger partial charge on any atom is -0.477 e. The van der Waals surface area contributed by atoms with Crippen LogP contribution in [0.1, 0.15) is 15.2 Å². The van der Waals surface area contributed by atoms with Crippen LogP contribution in [0.15, 0.2) is 23.6 Å². The molecule has 0 fully saturated rings. The zero-order valence-electron chi connectivity index (χ0n) is 10.7. The second kappa shape index (κ2) is 6.34. The summed E-state index contributed by atoms with van der Waals surface area (Å²) >= 11 is 12.7. The van der Waals surface area contributed by atoms with E-state index in [-0.39, 0.29) is 10.6 Å². The van der Waals surface area contributed by atoms with Gasteiger partial charge in [-0.1, -0.05) is 23.2 Å². The number of carboxylic acid groups (broad SMARTS) is 1. The van der Waals surface area contributed by atoms with Gasteiger partial charge in [-0.15, -0.1) is 11.3 Å². The van der Waals surface area contributed by atoms with Crippen molar-refractivity contribution in [3.63, 3.8) is 0 Å². The Morgan fingerprint density at radius 3 is 2.52 bits per heavy atom. The first-order valence-electron chi connectivity index (χ1n) is 5.73. The number of nitrogens with one attached hydrogen (secondary N) is 2. The van der Waals surface area contributed by atoms with Gasteiger partial charge in [-0.25, -0.2) is 9.59 Å². The molecule has 0 unspecified atom stereocenters. The van der Waals surface area contributed by atoms with Gasteiger partial charge in [0.25, 0.3) is 0 Å². The number of carbonyl (C=O) groups is 2. The van der Waals surface area contributed by atoms with E-state index in [1.54, 1.807) is 24.4 Å². The molecule has 2 aromatic rings.